The molecule has 150 valence electrons. The maximum absolute atomic E-state index is 12.8. The largest absolute Gasteiger partial charge is 0.493 e. The van der Waals surface area contributed by atoms with Gasteiger partial charge in [0, 0.05) is 4.47 Å². The van der Waals surface area contributed by atoms with Crippen LogP contribution in [0.25, 0.3) is 6.08 Å². The van der Waals surface area contributed by atoms with Gasteiger partial charge in [-0.15, -0.1) is 0 Å². The van der Waals surface area contributed by atoms with Gasteiger partial charge in [0.05, 0.1) is 22.7 Å². The number of methoxy groups -OCH3 is 1. The molecule has 10 heteroatoms. The third kappa shape index (κ3) is 4.58. The molecule has 2 amide bonds. The summed E-state index contributed by atoms with van der Waals surface area (Å²) in [5, 5.41) is 8.60. The number of anilines is 1. The molecule has 0 bridgehead atoms. The van der Waals surface area contributed by atoms with Gasteiger partial charge in [0.15, 0.2) is 18.1 Å². The Hall–Kier alpha value is -2.49. The van der Waals surface area contributed by atoms with E-state index >= 15 is 0 Å². The van der Waals surface area contributed by atoms with Crippen LogP contribution < -0.4 is 14.4 Å². The van der Waals surface area contributed by atoms with Gasteiger partial charge in [-0.05, 0) is 47.7 Å². The standard InChI is InChI=1S/C19H13BrClNO6S/c1-27-14-6-10(11(20)8-15(14)28-9-17(23)24)7-16-18(25)22(19(26)29-16)13-5-3-2-4-12(13)21/h2-8H,9H2,1H3,(H,23,24)/b16-7-. The maximum Gasteiger partial charge on any atom is 0.341 e. The van der Waals surface area contributed by atoms with E-state index in [-0.39, 0.29) is 16.4 Å². The second-order valence-corrected chi connectivity index (χ2v) is 7.93. The lowest BCUT2D eigenvalue weighted by molar-refractivity contribution is -0.139. The van der Waals surface area contributed by atoms with E-state index in [1.54, 1.807) is 30.3 Å². The van der Waals surface area contributed by atoms with Gasteiger partial charge in [-0.25, -0.2) is 9.69 Å². The fourth-order valence-corrected chi connectivity index (χ4v) is 4.01. The average molecular weight is 499 g/mol. The van der Waals surface area contributed by atoms with Crippen LogP contribution in [0.2, 0.25) is 5.02 Å². The van der Waals surface area contributed by atoms with Crippen molar-refractivity contribution in [1.82, 2.24) is 0 Å². The summed E-state index contributed by atoms with van der Waals surface area (Å²) >= 11 is 10.3. The van der Waals surface area contributed by atoms with Crippen LogP contribution in [0.15, 0.2) is 45.8 Å². The number of halogens is 2. The van der Waals surface area contributed by atoms with Crippen molar-refractivity contribution in [3.05, 3.63) is 56.4 Å². The average Bonchev–Trinajstić information content (AvgIpc) is 2.95. The number of hydrogen-bond donors (Lipinski definition) is 1. The molecule has 2 aromatic rings. The van der Waals surface area contributed by atoms with Gasteiger partial charge in [0.2, 0.25) is 0 Å². The van der Waals surface area contributed by atoms with Gasteiger partial charge in [-0.2, -0.15) is 0 Å². The first-order chi connectivity index (χ1) is 13.8. The van der Waals surface area contributed by atoms with Crippen molar-refractivity contribution in [2.45, 2.75) is 0 Å². The van der Waals surface area contributed by atoms with Crippen LogP contribution in [0, 0.1) is 0 Å². The summed E-state index contributed by atoms with van der Waals surface area (Å²) in [5.41, 5.74) is 0.864. The first kappa shape index (κ1) is 21.2. The number of nitrogens with zero attached hydrogens (tertiary/aromatic N) is 1. The molecule has 0 radical (unpaired) electrons. The molecule has 1 saturated heterocycles. The molecule has 1 N–H and O–H groups in total. The number of para-hydroxylation sites is 1. The molecule has 1 aliphatic heterocycles. The Labute approximate surface area is 183 Å². The lowest BCUT2D eigenvalue weighted by atomic mass is 10.1. The number of imide groups is 1. The van der Waals surface area contributed by atoms with Gasteiger partial charge >= 0.3 is 5.97 Å². The first-order valence-corrected chi connectivity index (χ1v) is 10.0. The van der Waals surface area contributed by atoms with Crippen LogP contribution in [0.4, 0.5) is 10.5 Å². The van der Waals surface area contributed by atoms with Crippen LogP contribution in [0.3, 0.4) is 0 Å². The maximum atomic E-state index is 12.8. The van der Waals surface area contributed by atoms with Crippen molar-refractivity contribution in [3.63, 3.8) is 0 Å². The van der Waals surface area contributed by atoms with Crippen LogP contribution >= 0.6 is 39.3 Å². The predicted molar refractivity (Wildman–Crippen MR) is 114 cm³/mol. The highest BCUT2D eigenvalue weighted by molar-refractivity contribution is 9.10. The summed E-state index contributed by atoms with van der Waals surface area (Å²) in [6, 6.07) is 9.69. The number of amides is 2. The number of hydrogen-bond acceptors (Lipinski definition) is 6. The number of carbonyl (C=O) groups excluding carboxylic acids is 2. The molecule has 1 heterocycles. The zero-order valence-corrected chi connectivity index (χ0v) is 18.0. The Morgan fingerprint density at radius 2 is 2.00 bits per heavy atom. The van der Waals surface area contributed by atoms with Crippen molar-refractivity contribution in [1.29, 1.82) is 0 Å². The van der Waals surface area contributed by atoms with Crippen molar-refractivity contribution in [2.24, 2.45) is 0 Å². The van der Waals surface area contributed by atoms with Crippen molar-refractivity contribution in [3.8, 4) is 11.5 Å². The van der Waals surface area contributed by atoms with Crippen LogP contribution in [-0.4, -0.2) is 35.9 Å². The number of aliphatic carboxylic acids is 1. The summed E-state index contributed by atoms with van der Waals surface area (Å²) in [4.78, 5) is 37.2. The Morgan fingerprint density at radius 1 is 1.28 bits per heavy atom. The first-order valence-electron chi connectivity index (χ1n) is 8.06. The normalized spacial score (nSPS) is 15.1. The molecule has 7 nitrogen and oxygen atoms in total. The van der Waals surface area contributed by atoms with Crippen LogP contribution in [0.1, 0.15) is 5.56 Å². The molecule has 1 fully saturated rings. The molecule has 2 aromatic carbocycles. The minimum atomic E-state index is -1.12. The van der Waals surface area contributed by atoms with E-state index in [1.165, 1.54) is 19.3 Å². The smallest absolute Gasteiger partial charge is 0.341 e. The molecule has 3 rings (SSSR count). The third-order valence-corrected chi connectivity index (χ3v) is 5.68. The monoisotopic (exact) mass is 497 g/mol. The molecule has 1 aliphatic rings. The Kier molecular flexibility index (Phi) is 6.51. The summed E-state index contributed by atoms with van der Waals surface area (Å²) in [6.07, 6.45) is 1.54. The quantitative estimate of drug-likeness (QED) is 0.571. The van der Waals surface area contributed by atoms with Crippen molar-refractivity contribution < 1.29 is 29.0 Å². The zero-order valence-electron chi connectivity index (χ0n) is 14.8. The minimum Gasteiger partial charge on any atom is -0.493 e. The van der Waals surface area contributed by atoms with Gasteiger partial charge in [-0.1, -0.05) is 39.7 Å². The highest BCUT2D eigenvalue weighted by Gasteiger charge is 2.37. The zero-order chi connectivity index (χ0) is 21.1. The second kappa shape index (κ2) is 8.89. The fraction of sp³-hybridized carbons (Fsp3) is 0.105. The van der Waals surface area contributed by atoms with E-state index in [0.717, 1.165) is 16.7 Å². The van der Waals surface area contributed by atoms with E-state index in [0.29, 0.717) is 20.7 Å². The minimum absolute atomic E-state index is 0.205. The lowest BCUT2D eigenvalue weighted by Crippen LogP contribution is -2.27. The number of carbonyl (C=O) groups is 3. The second-order valence-electron chi connectivity index (χ2n) is 5.68. The molecular formula is C19H13BrClNO6S. The van der Waals surface area contributed by atoms with E-state index in [9.17, 15) is 14.4 Å². The molecular weight excluding hydrogens is 486 g/mol. The molecule has 0 saturated carbocycles. The molecule has 29 heavy (non-hydrogen) atoms. The van der Waals surface area contributed by atoms with Gasteiger partial charge in [0.1, 0.15) is 0 Å². The lowest BCUT2D eigenvalue weighted by Gasteiger charge is -2.14. The Bertz CT molecular complexity index is 1040. The molecule has 0 aliphatic carbocycles. The molecule has 0 aromatic heterocycles. The van der Waals surface area contributed by atoms with Gasteiger partial charge < -0.3 is 14.6 Å². The predicted octanol–water partition coefficient (Wildman–Crippen LogP) is 4.82. The number of ether oxygens (including phenoxy) is 2. The topological polar surface area (TPSA) is 93.1 Å². The van der Waals surface area contributed by atoms with E-state index in [4.69, 9.17) is 26.2 Å². The van der Waals surface area contributed by atoms with Crippen molar-refractivity contribution >= 4 is 68.2 Å². The van der Waals surface area contributed by atoms with Crippen LogP contribution in [-0.2, 0) is 9.59 Å². The number of rotatable bonds is 6. The van der Waals surface area contributed by atoms with Gasteiger partial charge in [0.25, 0.3) is 11.1 Å². The van der Waals surface area contributed by atoms with Gasteiger partial charge in [-0.3, -0.25) is 9.59 Å². The number of benzene rings is 2. The SMILES string of the molecule is COc1cc(/C=C2\SC(=O)N(c3ccccc3Cl)C2=O)c(Br)cc1OCC(=O)O. The third-order valence-electron chi connectivity index (χ3n) is 3.81. The van der Waals surface area contributed by atoms with E-state index < -0.39 is 23.7 Å². The fourth-order valence-electron chi connectivity index (χ4n) is 2.52. The summed E-state index contributed by atoms with van der Waals surface area (Å²) in [7, 11) is 1.41. The number of thioether (sulfide) groups is 1. The Morgan fingerprint density at radius 3 is 2.66 bits per heavy atom. The molecule has 0 spiro atoms. The van der Waals surface area contributed by atoms with Crippen LogP contribution in [0.5, 0.6) is 11.5 Å². The van der Waals surface area contributed by atoms with E-state index in [2.05, 4.69) is 15.9 Å². The van der Waals surface area contributed by atoms with E-state index in [1.807, 2.05) is 0 Å². The number of carboxylic acid groups (broad SMARTS) is 1. The Balaban J connectivity index is 1.94. The molecule has 0 atom stereocenters. The number of carboxylic acids is 1. The highest BCUT2D eigenvalue weighted by Crippen LogP contribution is 2.40. The summed E-state index contributed by atoms with van der Waals surface area (Å²) in [6.45, 7) is -0.529. The van der Waals surface area contributed by atoms with Crippen molar-refractivity contribution in [2.75, 3.05) is 18.6 Å². The highest BCUT2D eigenvalue weighted by atomic mass is 79.9. The summed E-state index contributed by atoms with van der Waals surface area (Å²) < 4.78 is 11.0. The molecule has 0 unspecified atom stereocenters. The summed E-state index contributed by atoms with van der Waals surface area (Å²) in [5.74, 6) is -1.11.